The molecule has 1 fully saturated rings. The highest BCUT2D eigenvalue weighted by Gasteiger charge is 2.40. The second kappa shape index (κ2) is 6.61. The molecule has 0 aliphatic heterocycles. The van der Waals surface area contributed by atoms with Gasteiger partial charge < -0.3 is 15.7 Å². The van der Waals surface area contributed by atoms with Crippen LogP contribution in [-0.2, 0) is 11.2 Å². The normalized spacial score (nSPS) is 15.3. The lowest BCUT2D eigenvalue weighted by Gasteiger charge is -2.14. The van der Waals surface area contributed by atoms with E-state index in [0.29, 0.717) is 17.5 Å². The molecule has 21 heavy (non-hydrogen) atoms. The quantitative estimate of drug-likeness (QED) is 0.722. The maximum absolute atomic E-state index is 11.8. The number of nitrogens with one attached hydrogen (secondary N) is 2. The van der Waals surface area contributed by atoms with Crippen molar-refractivity contribution < 1.29 is 14.7 Å². The molecule has 5 nitrogen and oxygen atoms in total. The molecule has 2 rings (SSSR count). The lowest BCUT2D eigenvalue weighted by atomic mass is 10.0. The molecule has 3 N–H and O–H groups in total. The Morgan fingerprint density at radius 2 is 1.90 bits per heavy atom. The number of benzene rings is 1. The minimum absolute atomic E-state index is 0.117. The van der Waals surface area contributed by atoms with Crippen molar-refractivity contribution in [3.05, 3.63) is 29.8 Å². The fourth-order valence-electron chi connectivity index (χ4n) is 2.28. The van der Waals surface area contributed by atoms with Crippen LogP contribution in [0.5, 0.6) is 0 Å². The van der Waals surface area contributed by atoms with Crippen molar-refractivity contribution >= 4 is 17.7 Å². The third kappa shape index (κ3) is 4.77. The van der Waals surface area contributed by atoms with E-state index < -0.39 is 5.97 Å². The van der Waals surface area contributed by atoms with E-state index in [9.17, 15) is 9.59 Å². The molecule has 5 heteroatoms. The Hall–Kier alpha value is -2.04. The number of aryl methyl sites for hydroxylation is 1. The summed E-state index contributed by atoms with van der Waals surface area (Å²) in [5.74, 6) is -0.804. The van der Waals surface area contributed by atoms with Gasteiger partial charge in [0.1, 0.15) is 0 Å². The lowest BCUT2D eigenvalue weighted by Crippen LogP contribution is -2.33. The standard InChI is InChI=1S/C16H22N2O3/c1-2-16(9-10-16)11-17-15(21)18-13-6-3-12(4-7-13)5-8-14(19)20/h3-4,6-7H,2,5,8-11H2,1H3,(H,19,20)(H2,17,18,21). The van der Waals surface area contributed by atoms with Crippen LogP contribution in [0.25, 0.3) is 0 Å². The Kier molecular flexibility index (Phi) is 4.83. The van der Waals surface area contributed by atoms with Crippen molar-refractivity contribution in [1.82, 2.24) is 5.32 Å². The number of rotatable bonds is 7. The summed E-state index contributed by atoms with van der Waals surface area (Å²) in [4.78, 5) is 22.3. The van der Waals surface area contributed by atoms with Gasteiger partial charge in [0.05, 0.1) is 0 Å². The van der Waals surface area contributed by atoms with Gasteiger partial charge in [0.15, 0.2) is 0 Å². The van der Waals surface area contributed by atoms with Gasteiger partial charge in [-0.15, -0.1) is 0 Å². The van der Waals surface area contributed by atoms with Crippen LogP contribution in [0.2, 0.25) is 0 Å². The summed E-state index contributed by atoms with van der Waals surface area (Å²) >= 11 is 0. The first-order valence-corrected chi connectivity index (χ1v) is 7.39. The topological polar surface area (TPSA) is 78.4 Å². The van der Waals surface area contributed by atoms with Crippen LogP contribution in [0.1, 0.15) is 38.2 Å². The summed E-state index contributed by atoms with van der Waals surface area (Å²) in [7, 11) is 0. The molecule has 0 heterocycles. The zero-order valence-electron chi connectivity index (χ0n) is 12.3. The third-order valence-electron chi connectivity index (χ3n) is 4.17. The van der Waals surface area contributed by atoms with Gasteiger partial charge >= 0.3 is 12.0 Å². The van der Waals surface area contributed by atoms with Crippen LogP contribution in [0.3, 0.4) is 0 Å². The van der Waals surface area contributed by atoms with E-state index in [2.05, 4.69) is 17.6 Å². The smallest absolute Gasteiger partial charge is 0.319 e. The Labute approximate surface area is 124 Å². The molecular weight excluding hydrogens is 268 g/mol. The Bertz CT molecular complexity index is 507. The number of amides is 2. The molecule has 1 aromatic carbocycles. The number of hydrogen-bond donors (Lipinski definition) is 3. The lowest BCUT2D eigenvalue weighted by molar-refractivity contribution is -0.136. The average molecular weight is 290 g/mol. The van der Waals surface area contributed by atoms with E-state index in [0.717, 1.165) is 18.5 Å². The van der Waals surface area contributed by atoms with Crippen LogP contribution in [-0.4, -0.2) is 23.7 Å². The maximum atomic E-state index is 11.8. The van der Waals surface area contributed by atoms with Crippen molar-refractivity contribution in [2.24, 2.45) is 5.41 Å². The molecule has 114 valence electrons. The largest absolute Gasteiger partial charge is 0.481 e. The van der Waals surface area contributed by atoms with Crippen LogP contribution < -0.4 is 10.6 Å². The SMILES string of the molecule is CCC1(CNC(=O)Nc2ccc(CCC(=O)O)cc2)CC1. The number of hydrogen-bond acceptors (Lipinski definition) is 2. The van der Waals surface area contributed by atoms with Crippen LogP contribution >= 0.6 is 0 Å². The van der Waals surface area contributed by atoms with Gasteiger partial charge in [0.2, 0.25) is 0 Å². The van der Waals surface area contributed by atoms with Gasteiger partial charge in [-0.05, 0) is 48.8 Å². The summed E-state index contributed by atoms with van der Waals surface area (Å²) in [5, 5.41) is 14.3. The second-order valence-corrected chi connectivity index (χ2v) is 5.75. The summed E-state index contributed by atoms with van der Waals surface area (Å²) in [6.07, 6.45) is 4.11. The first-order valence-electron chi connectivity index (χ1n) is 7.39. The van der Waals surface area contributed by atoms with Gasteiger partial charge in [-0.25, -0.2) is 4.79 Å². The summed E-state index contributed by atoms with van der Waals surface area (Å²) in [6, 6.07) is 7.08. The van der Waals surface area contributed by atoms with Crippen molar-refractivity contribution in [2.45, 2.75) is 39.0 Å². The van der Waals surface area contributed by atoms with Crippen molar-refractivity contribution in [2.75, 3.05) is 11.9 Å². The van der Waals surface area contributed by atoms with E-state index in [1.165, 1.54) is 12.8 Å². The van der Waals surface area contributed by atoms with E-state index in [-0.39, 0.29) is 12.5 Å². The zero-order valence-corrected chi connectivity index (χ0v) is 12.3. The Morgan fingerprint density at radius 3 is 2.43 bits per heavy atom. The zero-order chi connectivity index (χ0) is 15.3. The van der Waals surface area contributed by atoms with Crippen LogP contribution in [0, 0.1) is 5.41 Å². The molecule has 1 aliphatic carbocycles. The molecule has 0 unspecified atom stereocenters. The molecule has 2 amide bonds. The maximum Gasteiger partial charge on any atom is 0.319 e. The van der Waals surface area contributed by atoms with Crippen molar-refractivity contribution in [3.8, 4) is 0 Å². The molecule has 0 bridgehead atoms. The molecule has 0 atom stereocenters. The van der Waals surface area contributed by atoms with Crippen LogP contribution in [0.15, 0.2) is 24.3 Å². The number of carboxylic acids is 1. The summed E-state index contributed by atoms with van der Waals surface area (Å²) in [6.45, 7) is 2.88. The van der Waals surface area contributed by atoms with Gasteiger partial charge in [0, 0.05) is 18.7 Å². The first-order chi connectivity index (χ1) is 10.0. The van der Waals surface area contributed by atoms with Crippen molar-refractivity contribution in [1.29, 1.82) is 0 Å². The number of aliphatic carboxylic acids is 1. The predicted octanol–water partition coefficient (Wildman–Crippen LogP) is 3.02. The highest BCUT2D eigenvalue weighted by molar-refractivity contribution is 5.89. The van der Waals surface area contributed by atoms with Gasteiger partial charge in [-0.3, -0.25) is 4.79 Å². The number of carbonyl (C=O) groups excluding carboxylic acids is 1. The van der Waals surface area contributed by atoms with E-state index in [4.69, 9.17) is 5.11 Å². The Balaban J connectivity index is 1.77. The van der Waals surface area contributed by atoms with E-state index in [1.54, 1.807) is 12.1 Å². The third-order valence-corrected chi connectivity index (χ3v) is 4.17. The Morgan fingerprint density at radius 1 is 1.24 bits per heavy atom. The highest BCUT2D eigenvalue weighted by atomic mass is 16.4. The molecule has 0 radical (unpaired) electrons. The van der Waals surface area contributed by atoms with E-state index >= 15 is 0 Å². The molecule has 0 aromatic heterocycles. The number of anilines is 1. The summed E-state index contributed by atoms with van der Waals surface area (Å²) < 4.78 is 0. The molecule has 1 aliphatic rings. The number of carboxylic acid groups (broad SMARTS) is 1. The van der Waals surface area contributed by atoms with Crippen molar-refractivity contribution in [3.63, 3.8) is 0 Å². The molecule has 0 saturated heterocycles. The van der Waals surface area contributed by atoms with Gasteiger partial charge in [-0.2, -0.15) is 0 Å². The first kappa shape index (κ1) is 15.4. The minimum Gasteiger partial charge on any atom is -0.481 e. The van der Waals surface area contributed by atoms with Gasteiger partial charge in [0.25, 0.3) is 0 Å². The minimum atomic E-state index is -0.804. The average Bonchev–Trinajstić information content (AvgIpc) is 3.25. The number of urea groups is 1. The van der Waals surface area contributed by atoms with E-state index in [1.807, 2.05) is 12.1 Å². The molecular formula is C16H22N2O3. The molecule has 0 spiro atoms. The summed E-state index contributed by atoms with van der Waals surface area (Å²) in [5.41, 5.74) is 2.00. The highest BCUT2D eigenvalue weighted by Crippen LogP contribution is 2.47. The molecule has 1 aromatic rings. The fourth-order valence-corrected chi connectivity index (χ4v) is 2.28. The van der Waals surface area contributed by atoms with Crippen LogP contribution in [0.4, 0.5) is 10.5 Å². The van der Waals surface area contributed by atoms with Gasteiger partial charge in [-0.1, -0.05) is 19.1 Å². The monoisotopic (exact) mass is 290 g/mol. The fraction of sp³-hybridized carbons (Fsp3) is 0.500. The number of carbonyl (C=O) groups is 2. The predicted molar refractivity (Wildman–Crippen MR) is 81.4 cm³/mol. The molecule has 1 saturated carbocycles. The second-order valence-electron chi connectivity index (χ2n) is 5.75.